The van der Waals surface area contributed by atoms with Crippen molar-refractivity contribution in [1.82, 2.24) is 5.32 Å². The molecule has 0 aromatic carbocycles. The van der Waals surface area contributed by atoms with Crippen molar-refractivity contribution in [2.75, 3.05) is 13.1 Å². The lowest BCUT2D eigenvalue weighted by atomic mass is 9.48. The van der Waals surface area contributed by atoms with Gasteiger partial charge in [-0.3, -0.25) is 0 Å². The van der Waals surface area contributed by atoms with Gasteiger partial charge in [0, 0.05) is 6.04 Å². The van der Waals surface area contributed by atoms with Gasteiger partial charge in [0.1, 0.15) is 0 Å². The molecule has 2 nitrogen and oxygen atoms in total. The summed E-state index contributed by atoms with van der Waals surface area (Å²) in [6.45, 7) is 4.36. The van der Waals surface area contributed by atoms with Crippen molar-refractivity contribution in [2.24, 2.45) is 28.9 Å². The molecule has 0 saturated heterocycles. The van der Waals surface area contributed by atoms with E-state index in [-0.39, 0.29) is 0 Å². The lowest BCUT2D eigenvalue weighted by Gasteiger charge is -2.59. The van der Waals surface area contributed by atoms with E-state index in [1.807, 2.05) is 0 Å². The number of nitrogens with two attached hydrogens (primary N) is 1. The van der Waals surface area contributed by atoms with Gasteiger partial charge in [-0.15, -0.1) is 0 Å². The van der Waals surface area contributed by atoms with Crippen molar-refractivity contribution >= 4 is 0 Å². The predicted molar refractivity (Wildman–Crippen MR) is 71.7 cm³/mol. The van der Waals surface area contributed by atoms with E-state index in [0.29, 0.717) is 11.5 Å². The standard InChI is InChI=1S/C15H28N2/c1-11(17-4-2-3-16)15-8-12-5-13(9-15)7-14(6-12)10-15/h11-14,17H,2-10,16H2,1H3. The molecule has 4 aliphatic carbocycles. The smallest absolute Gasteiger partial charge is 0.00955 e. The lowest BCUT2D eigenvalue weighted by molar-refractivity contribution is -0.0702. The lowest BCUT2D eigenvalue weighted by Crippen LogP contribution is -2.55. The molecule has 0 spiro atoms. The molecule has 4 saturated carbocycles. The maximum Gasteiger partial charge on any atom is 0.00955 e. The van der Waals surface area contributed by atoms with Gasteiger partial charge in [-0.1, -0.05) is 0 Å². The summed E-state index contributed by atoms with van der Waals surface area (Å²) in [5.41, 5.74) is 6.24. The normalized spacial score (nSPS) is 45.2. The third-order valence-electron chi connectivity index (χ3n) is 5.84. The van der Waals surface area contributed by atoms with Crippen molar-refractivity contribution in [3.8, 4) is 0 Å². The van der Waals surface area contributed by atoms with E-state index in [0.717, 1.165) is 37.3 Å². The Morgan fingerprint density at radius 3 is 2.12 bits per heavy atom. The Balaban J connectivity index is 1.64. The fourth-order valence-electron chi connectivity index (χ4n) is 5.35. The van der Waals surface area contributed by atoms with Crippen molar-refractivity contribution in [3.05, 3.63) is 0 Å². The molecule has 2 heteroatoms. The van der Waals surface area contributed by atoms with Crippen LogP contribution in [0.2, 0.25) is 0 Å². The summed E-state index contributed by atoms with van der Waals surface area (Å²) in [6.07, 6.45) is 10.3. The molecule has 0 heterocycles. The average molecular weight is 236 g/mol. The largest absolute Gasteiger partial charge is 0.330 e. The SMILES string of the molecule is CC(NCCCN)C12CC3CC(CC(C3)C1)C2. The second-order valence-corrected chi connectivity index (χ2v) is 7.10. The number of hydrogen-bond donors (Lipinski definition) is 2. The Kier molecular flexibility index (Phi) is 3.20. The summed E-state index contributed by atoms with van der Waals surface area (Å²) >= 11 is 0. The van der Waals surface area contributed by atoms with Crippen LogP contribution in [0.25, 0.3) is 0 Å². The van der Waals surface area contributed by atoms with Gasteiger partial charge in [0.05, 0.1) is 0 Å². The Hall–Kier alpha value is -0.0800. The fourth-order valence-corrected chi connectivity index (χ4v) is 5.35. The molecule has 4 fully saturated rings. The van der Waals surface area contributed by atoms with E-state index in [2.05, 4.69) is 12.2 Å². The highest BCUT2D eigenvalue weighted by Gasteiger charge is 2.52. The molecule has 4 aliphatic rings. The first-order chi connectivity index (χ1) is 8.22. The van der Waals surface area contributed by atoms with Gasteiger partial charge in [-0.25, -0.2) is 0 Å². The topological polar surface area (TPSA) is 38.0 Å². The zero-order valence-corrected chi connectivity index (χ0v) is 11.3. The fraction of sp³-hybridized carbons (Fsp3) is 1.00. The van der Waals surface area contributed by atoms with Crippen LogP contribution in [-0.4, -0.2) is 19.1 Å². The summed E-state index contributed by atoms with van der Waals surface area (Å²) in [7, 11) is 0. The van der Waals surface area contributed by atoms with Crippen molar-refractivity contribution in [2.45, 2.75) is 57.9 Å². The second-order valence-electron chi connectivity index (χ2n) is 7.10. The minimum Gasteiger partial charge on any atom is -0.330 e. The maximum atomic E-state index is 5.58. The van der Waals surface area contributed by atoms with Crippen LogP contribution < -0.4 is 11.1 Å². The molecular formula is C15H28N2. The van der Waals surface area contributed by atoms with E-state index < -0.39 is 0 Å². The van der Waals surface area contributed by atoms with Crippen molar-refractivity contribution < 1.29 is 0 Å². The first-order valence-electron chi connectivity index (χ1n) is 7.65. The summed E-state index contributed by atoms with van der Waals surface area (Å²) in [4.78, 5) is 0. The molecule has 4 rings (SSSR count). The van der Waals surface area contributed by atoms with E-state index >= 15 is 0 Å². The molecule has 1 atom stereocenters. The Morgan fingerprint density at radius 1 is 1.12 bits per heavy atom. The first-order valence-corrected chi connectivity index (χ1v) is 7.65. The molecule has 4 bridgehead atoms. The monoisotopic (exact) mass is 236 g/mol. The minimum absolute atomic E-state index is 0.656. The van der Waals surface area contributed by atoms with Crippen molar-refractivity contribution in [1.29, 1.82) is 0 Å². The Labute approximate surface area is 106 Å². The van der Waals surface area contributed by atoms with Crippen LogP contribution in [-0.2, 0) is 0 Å². The average Bonchev–Trinajstić information content (AvgIpc) is 2.27. The summed E-state index contributed by atoms with van der Waals surface area (Å²) in [5, 5.41) is 3.76. The number of hydrogen-bond acceptors (Lipinski definition) is 2. The van der Waals surface area contributed by atoms with Crippen LogP contribution in [0.4, 0.5) is 0 Å². The molecule has 1 unspecified atom stereocenters. The van der Waals surface area contributed by atoms with Gasteiger partial charge in [-0.2, -0.15) is 0 Å². The summed E-state index contributed by atoms with van der Waals surface area (Å²) < 4.78 is 0. The molecule has 0 aliphatic heterocycles. The molecule has 0 radical (unpaired) electrons. The van der Waals surface area contributed by atoms with Gasteiger partial charge < -0.3 is 11.1 Å². The zero-order valence-electron chi connectivity index (χ0n) is 11.3. The minimum atomic E-state index is 0.656. The molecule has 17 heavy (non-hydrogen) atoms. The van der Waals surface area contributed by atoms with Gasteiger partial charge in [0.2, 0.25) is 0 Å². The molecule has 0 amide bonds. The molecule has 3 N–H and O–H groups in total. The highest BCUT2D eigenvalue weighted by atomic mass is 14.9. The predicted octanol–water partition coefficient (Wildman–Crippen LogP) is 2.53. The first kappa shape index (κ1) is 12.0. The highest BCUT2D eigenvalue weighted by Crippen LogP contribution is 2.61. The molecular weight excluding hydrogens is 208 g/mol. The van der Waals surface area contributed by atoms with Crippen LogP contribution in [0.15, 0.2) is 0 Å². The second kappa shape index (κ2) is 4.55. The van der Waals surface area contributed by atoms with Crippen LogP contribution in [0.1, 0.15) is 51.9 Å². The summed E-state index contributed by atoms with van der Waals surface area (Å²) in [5.74, 6) is 3.21. The maximum absolute atomic E-state index is 5.58. The van der Waals surface area contributed by atoms with E-state index in [1.165, 1.54) is 19.3 Å². The molecule has 98 valence electrons. The number of nitrogens with one attached hydrogen (secondary N) is 1. The van der Waals surface area contributed by atoms with Crippen LogP contribution in [0.5, 0.6) is 0 Å². The number of rotatable bonds is 5. The third-order valence-corrected chi connectivity index (χ3v) is 5.84. The quantitative estimate of drug-likeness (QED) is 0.720. The van der Waals surface area contributed by atoms with Gasteiger partial charge in [-0.05, 0) is 88.1 Å². The third kappa shape index (κ3) is 2.15. The molecule has 0 aromatic rings. The zero-order chi connectivity index (χ0) is 11.9. The van der Waals surface area contributed by atoms with Crippen LogP contribution in [0.3, 0.4) is 0 Å². The van der Waals surface area contributed by atoms with Gasteiger partial charge >= 0.3 is 0 Å². The van der Waals surface area contributed by atoms with Gasteiger partial charge in [0.25, 0.3) is 0 Å². The van der Waals surface area contributed by atoms with E-state index in [1.54, 1.807) is 19.3 Å². The molecule has 0 aromatic heterocycles. The van der Waals surface area contributed by atoms with Crippen LogP contribution >= 0.6 is 0 Å². The van der Waals surface area contributed by atoms with E-state index in [9.17, 15) is 0 Å². The van der Waals surface area contributed by atoms with E-state index in [4.69, 9.17) is 5.73 Å². The van der Waals surface area contributed by atoms with Crippen LogP contribution in [0, 0.1) is 23.2 Å². The van der Waals surface area contributed by atoms with Crippen molar-refractivity contribution in [3.63, 3.8) is 0 Å². The summed E-state index contributed by atoms with van der Waals surface area (Å²) in [6, 6.07) is 0.711. The van der Waals surface area contributed by atoms with Gasteiger partial charge in [0.15, 0.2) is 0 Å². The highest BCUT2D eigenvalue weighted by molar-refractivity contribution is 5.05. The Bertz CT molecular complexity index is 239. The Morgan fingerprint density at radius 2 is 1.65 bits per heavy atom.